The summed E-state index contributed by atoms with van der Waals surface area (Å²) in [5.74, 6) is 0.196. The maximum atomic E-state index is 11.0. The van der Waals surface area contributed by atoms with Crippen LogP contribution in [0.2, 0.25) is 0 Å². The minimum Gasteiger partial charge on any atom is -0.496 e. The first kappa shape index (κ1) is 17.5. The van der Waals surface area contributed by atoms with E-state index in [2.05, 4.69) is 18.0 Å². The van der Waals surface area contributed by atoms with E-state index in [1.807, 2.05) is 18.2 Å². The molecule has 0 saturated heterocycles. The molecule has 0 aliphatic rings. The maximum absolute atomic E-state index is 11.0. The summed E-state index contributed by atoms with van der Waals surface area (Å²) in [5, 5.41) is 9.08. The number of carboxylic acids is 1. The van der Waals surface area contributed by atoms with Crippen molar-refractivity contribution in [2.75, 3.05) is 20.7 Å². The first-order valence-electron chi connectivity index (χ1n) is 7.40. The number of ether oxygens (including phenoxy) is 1. The summed E-state index contributed by atoms with van der Waals surface area (Å²) in [6.45, 7) is 5.36. The van der Waals surface area contributed by atoms with Gasteiger partial charge in [0.25, 0.3) is 0 Å². The van der Waals surface area contributed by atoms with E-state index < -0.39 is 11.4 Å². The summed E-state index contributed by atoms with van der Waals surface area (Å²) in [6.07, 6.45) is 2.64. The van der Waals surface area contributed by atoms with Crippen molar-refractivity contribution in [3.8, 4) is 5.75 Å². The van der Waals surface area contributed by atoms with Gasteiger partial charge in [-0.1, -0.05) is 24.6 Å². The number of methoxy groups -OCH3 is 1. The average Bonchev–Trinajstić information content (AvgIpc) is 2.44. The Hall–Kier alpha value is -1.55. The SMILES string of the molecule is COc1ccccc1CN(C)CCCCC(C)(C)C(=O)O. The van der Waals surface area contributed by atoms with Gasteiger partial charge < -0.3 is 14.7 Å². The van der Waals surface area contributed by atoms with E-state index in [1.165, 1.54) is 5.56 Å². The first-order chi connectivity index (χ1) is 9.86. The number of carbonyl (C=O) groups is 1. The van der Waals surface area contributed by atoms with Crippen molar-refractivity contribution in [3.05, 3.63) is 29.8 Å². The van der Waals surface area contributed by atoms with E-state index in [-0.39, 0.29) is 0 Å². The monoisotopic (exact) mass is 293 g/mol. The summed E-state index contributed by atoms with van der Waals surface area (Å²) in [6, 6.07) is 8.03. The molecule has 0 aliphatic carbocycles. The molecule has 0 aromatic heterocycles. The number of rotatable bonds is 9. The largest absolute Gasteiger partial charge is 0.496 e. The molecule has 0 aliphatic heterocycles. The Balaban J connectivity index is 2.35. The Morgan fingerprint density at radius 1 is 1.29 bits per heavy atom. The number of hydrogen-bond acceptors (Lipinski definition) is 3. The molecule has 0 spiro atoms. The molecular weight excluding hydrogens is 266 g/mol. The molecule has 1 aromatic rings. The fourth-order valence-electron chi connectivity index (χ4n) is 2.26. The molecule has 4 heteroatoms. The van der Waals surface area contributed by atoms with Gasteiger partial charge in [0, 0.05) is 12.1 Å². The summed E-state index contributed by atoms with van der Waals surface area (Å²) in [4.78, 5) is 13.3. The number of carboxylic acid groups (broad SMARTS) is 1. The fraction of sp³-hybridized carbons (Fsp3) is 0.588. The van der Waals surface area contributed by atoms with Crippen molar-refractivity contribution < 1.29 is 14.6 Å². The molecule has 1 aromatic carbocycles. The Bertz CT molecular complexity index is 457. The van der Waals surface area contributed by atoms with Crippen LogP contribution in [0.15, 0.2) is 24.3 Å². The molecule has 1 N–H and O–H groups in total. The van der Waals surface area contributed by atoms with Gasteiger partial charge in [0.2, 0.25) is 0 Å². The lowest BCUT2D eigenvalue weighted by Gasteiger charge is -2.21. The van der Waals surface area contributed by atoms with Crippen LogP contribution in [0.1, 0.15) is 38.7 Å². The van der Waals surface area contributed by atoms with Crippen molar-refractivity contribution in [1.29, 1.82) is 0 Å². The zero-order chi connectivity index (χ0) is 15.9. The number of benzene rings is 1. The van der Waals surface area contributed by atoms with Crippen LogP contribution in [0.3, 0.4) is 0 Å². The Morgan fingerprint density at radius 2 is 1.95 bits per heavy atom. The molecular formula is C17H27NO3. The fourth-order valence-corrected chi connectivity index (χ4v) is 2.26. The second-order valence-electron chi connectivity index (χ2n) is 6.20. The number of unbranched alkanes of at least 4 members (excludes halogenated alkanes) is 1. The topological polar surface area (TPSA) is 49.8 Å². The molecule has 0 amide bonds. The van der Waals surface area contributed by atoms with E-state index >= 15 is 0 Å². The van der Waals surface area contributed by atoms with Crippen LogP contribution in [0.5, 0.6) is 5.75 Å². The van der Waals surface area contributed by atoms with E-state index in [0.29, 0.717) is 6.42 Å². The standard InChI is InChI=1S/C17H27NO3/c1-17(2,16(19)20)11-7-8-12-18(3)13-14-9-5-6-10-15(14)21-4/h5-6,9-10H,7-8,11-13H2,1-4H3,(H,19,20). The van der Waals surface area contributed by atoms with Gasteiger partial charge in [-0.25, -0.2) is 0 Å². The Kier molecular flexibility index (Phi) is 6.69. The number of hydrogen-bond donors (Lipinski definition) is 1. The highest BCUT2D eigenvalue weighted by Gasteiger charge is 2.26. The van der Waals surface area contributed by atoms with Crippen LogP contribution in [-0.4, -0.2) is 36.7 Å². The van der Waals surface area contributed by atoms with Gasteiger partial charge in [0.05, 0.1) is 12.5 Å². The average molecular weight is 293 g/mol. The quantitative estimate of drug-likeness (QED) is 0.709. The van der Waals surface area contributed by atoms with Gasteiger partial charge in [-0.05, 0) is 46.3 Å². The normalized spacial score (nSPS) is 11.7. The Morgan fingerprint density at radius 3 is 2.57 bits per heavy atom. The maximum Gasteiger partial charge on any atom is 0.309 e. The number of aliphatic carboxylic acids is 1. The second-order valence-corrected chi connectivity index (χ2v) is 6.20. The van der Waals surface area contributed by atoms with Crippen LogP contribution in [-0.2, 0) is 11.3 Å². The van der Waals surface area contributed by atoms with Crippen molar-refractivity contribution in [2.24, 2.45) is 5.41 Å². The molecule has 0 bridgehead atoms. The van der Waals surface area contributed by atoms with Crippen molar-refractivity contribution in [2.45, 2.75) is 39.7 Å². The van der Waals surface area contributed by atoms with Crippen LogP contribution in [0, 0.1) is 5.41 Å². The zero-order valence-electron chi connectivity index (χ0n) is 13.6. The van der Waals surface area contributed by atoms with Crippen LogP contribution < -0.4 is 4.74 Å². The molecule has 1 rings (SSSR count). The van der Waals surface area contributed by atoms with Gasteiger partial charge in [-0.15, -0.1) is 0 Å². The van der Waals surface area contributed by atoms with Crippen LogP contribution in [0.25, 0.3) is 0 Å². The first-order valence-corrected chi connectivity index (χ1v) is 7.40. The highest BCUT2D eigenvalue weighted by Crippen LogP contribution is 2.23. The second kappa shape index (κ2) is 8.03. The third-order valence-electron chi connectivity index (χ3n) is 3.80. The summed E-state index contributed by atoms with van der Waals surface area (Å²) >= 11 is 0. The highest BCUT2D eigenvalue weighted by atomic mass is 16.5. The van der Waals surface area contributed by atoms with Crippen molar-refractivity contribution >= 4 is 5.97 Å². The Labute approximate surface area is 127 Å². The molecule has 0 atom stereocenters. The number of para-hydroxylation sites is 1. The third-order valence-corrected chi connectivity index (χ3v) is 3.80. The molecule has 21 heavy (non-hydrogen) atoms. The van der Waals surface area contributed by atoms with E-state index in [9.17, 15) is 4.79 Å². The van der Waals surface area contributed by atoms with Crippen LogP contribution >= 0.6 is 0 Å². The van der Waals surface area contributed by atoms with Crippen molar-refractivity contribution in [3.63, 3.8) is 0 Å². The minimum atomic E-state index is -0.718. The summed E-state index contributed by atoms with van der Waals surface area (Å²) in [7, 11) is 3.77. The predicted molar refractivity (Wildman–Crippen MR) is 84.6 cm³/mol. The molecule has 0 fully saturated rings. The number of nitrogens with zero attached hydrogens (tertiary/aromatic N) is 1. The van der Waals surface area contributed by atoms with Crippen molar-refractivity contribution in [1.82, 2.24) is 4.90 Å². The van der Waals surface area contributed by atoms with E-state index in [4.69, 9.17) is 9.84 Å². The molecule has 0 heterocycles. The van der Waals surface area contributed by atoms with Gasteiger partial charge in [-0.3, -0.25) is 4.79 Å². The highest BCUT2D eigenvalue weighted by molar-refractivity contribution is 5.73. The lowest BCUT2D eigenvalue weighted by atomic mass is 9.87. The molecule has 4 nitrogen and oxygen atoms in total. The summed E-state index contributed by atoms with van der Waals surface area (Å²) in [5.41, 5.74) is 0.551. The minimum absolute atomic E-state index is 0.624. The zero-order valence-corrected chi connectivity index (χ0v) is 13.6. The lowest BCUT2D eigenvalue weighted by Crippen LogP contribution is -2.24. The molecule has 0 unspecified atom stereocenters. The molecule has 0 saturated carbocycles. The van der Waals surface area contributed by atoms with Gasteiger partial charge in [0.15, 0.2) is 0 Å². The lowest BCUT2D eigenvalue weighted by molar-refractivity contribution is -0.147. The van der Waals surface area contributed by atoms with E-state index in [0.717, 1.165) is 31.7 Å². The smallest absolute Gasteiger partial charge is 0.309 e. The van der Waals surface area contributed by atoms with Gasteiger partial charge in [-0.2, -0.15) is 0 Å². The molecule has 118 valence electrons. The van der Waals surface area contributed by atoms with Gasteiger partial charge >= 0.3 is 5.97 Å². The predicted octanol–water partition coefficient (Wildman–Crippen LogP) is 3.41. The van der Waals surface area contributed by atoms with Crippen LogP contribution in [0.4, 0.5) is 0 Å². The van der Waals surface area contributed by atoms with E-state index in [1.54, 1.807) is 21.0 Å². The van der Waals surface area contributed by atoms with Gasteiger partial charge in [0.1, 0.15) is 5.75 Å². The summed E-state index contributed by atoms with van der Waals surface area (Å²) < 4.78 is 5.35. The molecule has 0 radical (unpaired) electrons. The third kappa shape index (κ3) is 5.76.